The Morgan fingerprint density at radius 2 is 2.00 bits per heavy atom. The van der Waals surface area contributed by atoms with Crippen molar-refractivity contribution in [3.8, 4) is 0 Å². The summed E-state index contributed by atoms with van der Waals surface area (Å²) in [6.45, 7) is 2.32. The number of hydrogen-bond acceptors (Lipinski definition) is 2. The van der Waals surface area contributed by atoms with Gasteiger partial charge in [-0.15, -0.1) is 0 Å². The minimum Gasteiger partial charge on any atom is -0.481 e. The number of alkyl halides is 1. The molecule has 0 saturated heterocycles. The van der Waals surface area contributed by atoms with Crippen LogP contribution in [0.2, 0.25) is 0 Å². The van der Waals surface area contributed by atoms with E-state index in [0.29, 0.717) is 12.8 Å². The van der Waals surface area contributed by atoms with Gasteiger partial charge in [0.1, 0.15) is 0 Å². The zero-order chi connectivity index (χ0) is 11.6. The van der Waals surface area contributed by atoms with Crippen molar-refractivity contribution in [3.05, 3.63) is 0 Å². The Morgan fingerprint density at radius 1 is 1.40 bits per heavy atom. The SMILES string of the molecule is CC(C)(F)C(=O)NC1CCCC1C(=O)O. The van der Waals surface area contributed by atoms with Crippen LogP contribution in [-0.2, 0) is 9.59 Å². The molecule has 2 N–H and O–H groups in total. The van der Waals surface area contributed by atoms with E-state index in [4.69, 9.17) is 5.11 Å². The molecule has 1 fully saturated rings. The molecule has 1 amide bonds. The third-order valence-electron chi connectivity index (χ3n) is 2.69. The van der Waals surface area contributed by atoms with E-state index in [9.17, 15) is 14.0 Å². The lowest BCUT2D eigenvalue weighted by atomic mass is 10.0. The van der Waals surface area contributed by atoms with Gasteiger partial charge in [0, 0.05) is 6.04 Å². The molecule has 0 aromatic heterocycles. The second-order valence-corrected chi connectivity index (χ2v) is 4.43. The van der Waals surface area contributed by atoms with Gasteiger partial charge in [0.2, 0.25) is 0 Å². The fourth-order valence-corrected chi connectivity index (χ4v) is 1.77. The highest BCUT2D eigenvalue weighted by molar-refractivity contribution is 5.85. The van der Waals surface area contributed by atoms with E-state index in [0.717, 1.165) is 20.3 Å². The number of carbonyl (C=O) groups is 2. The zero-order valence-corrected chi connectivity index (χ0v) is 8.92. The van der Waals surface area contributed by atoms with Crippen LogP contribution in [0.25, 0.3) is 0 Å². The molecule has 0 bridgehead atoms. The van der Waals surface area contributed by atoms with E-state index in [-0.39, 0.29) is 0 Å². The van der Waals surface area contributed by atoms with Gasteiger partial charge in [-0.05, 0) is 26.7 Å². The number of rotatable bonds is 3. The molecule has 1 aliphatic rings. The first-order valence-electron chi connectivity index (χ1n) is 5.05. The second kappa shape index (κ2) is 4.16. The summed E-state index contributed by atoms with van der Waals surface area (Å²) in [6.07, 6.45) is 1.92. The normalized spacial score (nSPS) is 26.3. The van der Waals surface area contributed by atoms with E-state index >= 15 is 0 Å². The number of aliphatic carboxylic acids is 1. The molecule has 0 radical (unpaired) electrons. The predicted octanol–water partition coefficient (Wildman–Crippen LogP) is 1.10. The number of carboxylic acid groups (broad SMARTS) is 1. The summed E-state index contributed by atoms with van der Waals surface area (Å²) in [6, 6.07) is -0.426. The monoisotopic (exact) mass is 217 g/mol. The molecule has 1 rings (SSSR count). The van der Waals surface area contributed by atoms with Crippen LogP contribution >= 0.6 is 0 Å². The van der Waals surface area contributed by atoms with Crippen LogP contribution in [0.1, 0.15) is 33.1 Å². The summed E-state index contributed by atoms with van der Waals surface area (Å²) in [4.78, 5) is 22.1. The van der Waals surface area contributed by atoms with Gasteiger partial charge in [0.25, 0.3) is 5.91 Å². The number of carbonyl (C=O) groups excluding carboxylic acids is 1. The van der Waals surface area contributed by atoms with Crippen LogP contribution in [0, 0.1) is 5.92 Å². The third kappa shape index (κ3) is 2.91. The van der Waals surface area contributed by atoms with Crippen LogP contribution in [0.15, 0.2) is 0 Å². The molecule has 0 heterocycles. The molecule has 0 spiro atoms. The van der Waals surface area contributed by atoms with Crippen molar-refractivity contribution in [3.63, 3.8) is 0 Å². The van der Waals surface area contributed by atoms with Crippen molar-refractivity contribution < 1.29 is 19.1 Å². The fourth-order valence-electron chi connectivity index (χ4n) is 1.77. The van der Waals surface area contributed by atoms with Gasteiger partial charge < -0.3 is 10.4 Å². The molecular weight excluding hydrogens is 201 g/mol. The van der Waals surface area contributed by atoms with Crippen molar-refractivity contribution in [2.24, 2.45) is 5.92 Å². The first-order valence-corrected chi connectivity index (χ1v) is 5.05. The number of nitrogens with one attached hydrogen (secondary N) is 1. The van der Waals surface area contributed by atoms with Gasteiger partial charge in [-0.25, -0.2) is 4.39 Å². The fraction of sp³-hybridized carbons (Fsp3) is 0.800. The molecule has 0 aliphatic heterocycles. The molecular formula is C10H16FNO3. The van der Waals surface area contributed by atoms with Gasteiger partial charge in [0.15, 0.2) is 5.67 Å². The predicted molar refractivity (Wildman–Crippen MR) is 52.1 cm³/mol. The number of halogens is 1. The molecule has 0 aromatic rings. The first kappa shape index (κ1) is 11.9. The highest BCUT2D eigenvalue weighted by atomic mass is 19.1. The molecule has 5 heteroatoms. The van der Waals surface area contributed by atoms with Crippen LogP contribution in [0.5, 0.6) is 0 Å². The van der Waals surface area contributed by atoms with E-state index in [1.54, 1.807) is 0 Å². The Labute approximate surface area is 87.9 Å². The summed E-state index contributed by atoms with van der Waals surface area (Å²) in [5, 5.41) is 11.3. The van der Waals surface area contributed by atoms with Crippen LogP contribution in [-0.4, -0.2) is 28.7 Å². The smallest absolute Gasteiger partial charge is 0.308 e. The molecule has 2 atom stereocenters. The van der Waals surface area contributed by atoms with Crippen molar-refractivity contribution in [1.82, 2.24) is 5.32 Å². The minimum atomic E-state index is -1.95. The lowest BCUT2D eigenvalue weighted by Gasteiger charge is -2.21. The van der Waals surface area contributed by atoms with Crippen molar-refractivity contribution in [2.75, 3.05) is 0 Å². The van der Waals surface area contributed by atoms with Gasteiger partial charge in [-0.2, -0.15) is 0 Å². The van der Waals surface area contributed by atoms with E-state index in [2.05, 4.69) is 5.32 Å². The standard InChI is InChI=1S/C10H16FNO3/c1-10(2,11)9(15)12-7-5-3-4-6(7)8(13)14/h6-7H,3-5H2,1-2H3,(H,12,15)(H,13,14). The molecule has 0 aromatic carbocycles. The number of amides is 1. The molecule has 15 heavy (non-hydrogen) atoms. The number of hydrogen-bond donors (Lipinski definition) is 2. The Bertz CT molecular complexity index is 272. The maximum atomic E-state index is 13.2. The van der Waals surface area contributed by atoms with Crippen molar-refractivity contribution >= 4 is 11.9 Å². The molecule has 1 saturated carbocycles. The van der Waals surface area contributed by atoms with Crippen LogP contribution < -0.4 is 5.32 Å². The summed E-state index contributed by atoms with van der Waals surface area (Å²) in [5.74, 6) is -2.23. The summed E-state index contributed by atoms with van der Waals surface area (Å²) >= 11 is 0. The summed E-state index contributed by atoms with van der Waals surface area (Å²) in [7, 11) is 0. The van der Waals surface area contributed by atoms with Gasteiger partial charge in [-0.3, -0.25) is 9.59 Å². The molecule has 1 aliphatic carbocycles. The Balaban J connectivity index is 2.58. The van der Waals surface area contributed by atoms with E-state index < -0.39 is 29.5 Å². The lowest BCUT2D eigenvalue weighted by molar-refractivity contribution is -0.142. The topological polar surface area (TPSA) is 66.4 Å². The highest BCUT2D eigenvalue weighted by Gasteiger charge is 2.37. The largest absolute Gasteiger partial charge is 0.481 e. The first-order chi connectivity index (χ1) is 6.82. The van der Waals surface area contributed by atoms with E-state index in [1.165, 1.54) is 0 Å². The average Bonchev–Trinajstić information content (AvgIpc) is 2.50. The Kier molecular flexibility index (Phi) is 3.31. The maximum absolute atomic E-state index is 13.2. The summed E-state index contributed by atoms with van der Waals surface area (Å²) in [5.41, 5.74) is -1.95. The minimum absolute atomic E-state index is 0.426. The summed E-state index contributed by atoms with van der Waals surface area (Å²) < 4.78 is 13.2. The molecule has 86 valence electrons. The Morgan fingerprint density at radius 3 is 2.47 bits per heavy atom. The maximum Gasteiger partial charge on any atom is 0.308 e. The van der Waals surface area contributed by atoms with Crippen LogP contribution in [0.4, 0.5) is 4.39 Å². The van der Waals surface area contributed by atoms with Crippen LogP contribution in [0.3, 0.4) is 0 Å². The quantitative estimate of drug-likeness (QED) is 0.744. The zero-order valence-electron chi connectivity index (χ0n) is 8.92. The van der Waals surface area contributed by atoms with Gasteiger partial charge in [0.05, 0.1) is 5.92 Å². The lowest BCUT2D eigenvalue weighted by Crippen LogP contribution is -2.47. The third-order valence-corrected chi connectivity index (χ3v) is 2.69. The second-order valence-electron chi connectivity index (χ2n) is 4.43. The number of carboxylic acids is 1. The molecule has 2 unspecified atom stereocenters. The molecule has 4 nitrogen and oxygen atoms in total. The van der Waals surface area contributed by atoms with E-state index in [1.807, 2.05) is 0 Å². The van der Waals surface area contributed by atoms with Gasteiger partial charge in [-0.1, -0.05) is 6.42 Å². The Hall–Kier alpha value is -1.13. The van der Waals surface area contributed by atoms with Gasteiger partial charge >= 0.3 is 5.97 Å². The van der Waals surface area contributed by atoms with Crippen molar-refractivity contribution in [1.29, 1.82) is 0 Å². The highest BCUT2D eigenvalue weighted by Crippen LogP contribution is 2.26. The van der Waals surface area contributed by atoms with Crippen molar-refractivity contribution in [2.45, 2.75) is 44.8 Å². The average molecular weight is 217 g/mol.